The lowest BCUT2D eigenvalue weighted by atomic mass is 10.1. The van der Waals surface area contributed by atoms with Gasteiger partial charge in [-0.15, -0.1) is 10.2 Å². The van der Waals surface area contributed by atoms with Crippen molar-refractivity contribution in [2.45, 2.75) is 44.3 Å². The highest BCUT2D eigenvalue weighted by molar-refractivity contribution is 7.99. The van der Waals surface area contributed by atoms with E-state index in [4.69, 9.17) is 0 Å². The van der Waals surface area contributed by atoms with Crippen molar-refractivity contribution in [2.75, 3.05) is 11.1 Å². The average Bonchev–Trinajstić information content (AvgIpc) is 3.30. The molecule has 1 aromatic heterocycles. The Morgan fingerprint density at radius 3 is 2.27 bits per heavy atom. The first kappa shape index (κ1) is 26.2. The molecule has 0 spiro atoms. The van der Waals surface area contributed by atoms with Gasteiger partial charge in [0.1, 0.15) is 5.82 Å². The molecular formula is C29H30N4O3S. The summed E-state index contributed by atoms with van der Waals surface area (Å²) >= 11 is 1.71. The lowest BCUT2D eigenvalue weighted by molar-refractivity contribution is 0.0692. The summed E-state index contributed by atoms with van der Waals surface area (Å²) in [6.45, 7) is 2.78. The van der Waals surface area contributed by atoms with Crippen LogP contribution in [-0.2, 0) is 19.4 Å². The molecule has 0 fully saturated rings. The van der Waals surface area contributed by atoms with Crippen molar-refractivity contribution in [1.29, 1.82) is 0 Å². The van der Waals surface area contributed by atoms with Gasteiger partial charge in [0.05, 0.1) is 17.7 Å². The number of carboxylic acids is 1. The summed E-state index contributed by atoms with van der Waals surface area (Å²) < 4.78 is 2.18. The van der Waals surface area contributed by atoms with Gasteiger partial charge in [-0.05, 0) is 54.7 Å². The van der Waals surface area contributed by atoms with E-state index in [1.807, 2.05) is 30.3 Å². The van der Waals surface area contributed by atoms with E-state index < -0.39 is 11.9 Å². The summed E-state index contributed by atoms with van der Waals surface area (Å²) in [4.78, 5) is 24.1. The number of amides is 1. The fourth-order valence-corrected chi connectivity index (χ4v) is 4.81. The SMILES string of the molecule is CCCSc1nnc(CCCc2ccccc2)n1Cc1ccc(NC(=O)c2ccccc2C(=O)O)cc1. The smallest absolute Gasteiger partial charge is 0.336 e. The first-order chi connectivity index (χ1) is 18.0. The minimum Gasteiger partial charge on any atom is -0.478 e. The molecule has 0 aliphatic heterocycles. The summed E-state index contributed by atoms with van der Waals surface area (Å²) in [7, 11) is 0. The average molecular weight is 515 g/mol. The van der Waals surface area contributed by atoms with Crippen LogP contribution in [0.1, 0.15) is 57.4 Å². The van der Waals surface area contributed by atoms with E-state index in [0.717, 1.165) is 48.0 Å². The number of aromatic carboxylic acids is 1. The summed E-state index contributed by atoms with van der Waals surface area (Å²) in [6, 6.07) is 24.2. The van der Waals surface area contributed by atoms with Gasteiger partial charge in [0.25, 0.3) is 5.91 Å². The number of aromatic nitrogens is 3. The molecule has 0 atom stereocenters. The van der Waals surface area contributed by atoms with E-state index in [1.165, 1.54) is 17.7 Å². The van der Waals surface area contributed by atoms with Gasteiger partial charge < -0.3 is 15.0 Å². The van der Waals surface area contributed by atoms with Crippen LogP contribution in [0.25, 0.3) is 0 Å². The van der Waals surface area contributed by atoms with E-state index >= 15 is 0 Å². The number of aryl methyl sites for hydroxylation is 2. The molecule has 0 aliphatic carbocycles. The molecule has 0 radical (unpaired) electrons. The molecule has 0 saturated heterocycles. The highest BCUT2D eigenvalue weighted by atomic mass is 32.2. The lowest BCUT2D eigenvalue weighted by Crippen LogP contribution is -2.16. The first-order valence-electron chi connectivity index (χ1n) is 12.4. The number of hydrogen-bond acceptors (Lipinski definition) is 5. The van der Waals surface area contributed by atoms with Crippen LogP contribution >= 0.6 is 11.8 Å². The van der Waals surface area contributed by atoms with Gasteiger partial charge in [-0.1, -0.05) is 73.3 Å². The van der Waals surface area contributed by atoms with E-state index in [1.54, 1.807) is 23.9 Å². The largest absolute Gasteiger partial charge is 0.478 e. The zero-order valence-corrected chi connectivity index (χ0v) is 21.6. The summed E-state index contributed by atoms with van der Waals surface area (Å²) in [5.74, 6) is 0.359. The van der Waals surface area contributed by atoms with E-state index in [-0.39, 0.29) is 11.1 Å². The van der Waals surface area contributed by atoms with Crippen LogP contribution in [0.5, 0.6) is 0 Å². The van der Waals surface area contributed by atoms with E-state index in [9.17, 15) is 14.7 Å². The van der Waals surface area contributed by atoms with E-state index in [0.29, 0.717) is 12.2 Å². The van der Waals surface area contributed by atoms with Gasteiger partial charge >= 0.3 is 5.97 Å². The molecule has 37 heavy (non-hydrogen) atoms. The van der Waals surface area contributed by atoms with Crippen molar-refractivity contribution in [2.24, 2.45) is 0 Å². The number of hydrogen-bond donors (Lipinski definition) is 2. The highest BCUT2D eigenvalue weighted by Gasteiger charge is 2.16. The maximum atomic E-state index is 12.7. The number of carbonyl (C=O) groups excluding carboxylic acids is 1. The quantitative estimate of drug-likeness (QED) is 0.227. The topological polar surface area (TPSA) is 97.1 Å². The standard InChI is InChI=1S/C29H30N4O3S/c1-2-19-37-29-32-31-26(14-8-11-21-9-4-3-5-10-21)33(29)20-22-15-17-23(18-16-22)30-27(34)24-12-6-7-13-25(24)28(35)36/h3-7,9-10,12-13,15-18H,2,8,11,14,19-20H2,1H3,(H,30,34)(H,35,36). The number of benzene rings is 3. The van der Waals surface area contributed by atoms with Crippen molar-refractivity contribution >= 4 is 29.3 Å². The number of thioether (sulfide) groups is 1. The van der Waals surface area contributed by atoms with Crippen LogP contribution in [0.15, 0.2) is 84.0 Å². The summed E-state index contributed by atoms with van der Waals surface area (Å²) in [5.41, 5.74) is 3.08. The second kappa shape index (κ2) is 12.9. The van der Waals surface area contributed by atoms with Crippen LogP contribution in [0.4, 0.5) is 5.69 Å². The molecule has 8 heteroatoms. The van der Waals surface area contributed by atoms with Gasteiger partial charge in [-0.25, -0.2) is 4.79 Å². The maximum absolute atomic E-state index is 12.7. The fourth-order valence-electron chi connectivity index (χ4n) is 4.00. The Morgan fingerprint density at radius 1 is 0.865 bits per heavy atom. The summed E-state index contributed by atoms with van der Waals surface area (Å²) in [5, 5.41) is 22.0. The molecule has 7 nitrogen and oxygen atoms in total. The molecule has 4 aromatic rings. The number of nitrogens with one attached hydrogen (secondary N) is 1. The first-order valence-corrected chi connectivity index (χ1v) is 13.3. The second-order valence-corrected chi connectivity index (χ2v) is 9.74. The van der Waals surface area contributed by atoms with Gasteiger partial charge in [-0.3, -0.25) is 4.79 Å². The molecule has 0 unspecified atom stereocenters. The van der Waals surface area contributed by atoms with Crippen LogP contribution in [0, 0.1) is 0 Å². The van der Waals surface area contributed by atoms with Crippen molar-refractivity contribution in [3.05, 3.63) is 107 Å². The predicted octanol–water partition coefficient (Wildman–Crippen LogP) is 5.95. The van der Waals surface area contributed by atoms with Gasteiger partial charge in [0, 0.05) is 17.9 Å². The molecule has 3 aromatic carbocycles. The van der Waals surface area contributed by atoms with Crippen LogP contribution in [0.2, 0.25) is 0 Å². The third-order valence-electron chi connectivity index (χ3n) is 5.89. The minimum absolute atomic E-state index is 0.0267. The monoisotopic (exact) mass is 514 g/mol. The fraction of sp³-hybridized carbons (Fsp3) is 0.241. The summed E-state index contributed by atoms with van der Waals surface area (Å²) in [6.07, 6.45) is 3.87. The third kappa shape index (κ3) is 7.07. The number of carboxylic acid groups (broad SMARTS) is 1. The zero-order valence-electron chi connectivity index (χ0n) is 20.8. The Hall–Kier alpha value is -3.91. The van der Waals surface area contributed by atoms with Gasteiger partial charge in [0.2, 0.25) is 0 Å². The van der Waals surface area contributed by atoms with E-state index in [2.05, 4.69) is 51.3 Å². The molecule has 4 rings (SSSR count). The molecule has 0 bridgehead atoms. The Labute approximate surface area is 221 Å². The van der Waals surface area contributed by atoms with Crippen molar-refractivity contribution in [1.82, 2.24) is 14.8 Å². The Balaban J connectivity index is 1.44. The molecule has 190 valence electrons. The predicted molar refractivity (Wildman–Crippen MR) is 146 cm³/mol. The van der Waals surface area contributed by atoms with Crippen LogP contribution in [0.3, 0.4) is 0 Å². The van der Waals surface area contributed by atoms with Gasteiger partial charge in [0.15, 0.2) is 5.16 Å². The third-order valence-corrected chi connectivity index (χ3v) is 7.06. The zero-order chi connectivity index (χ0) is 26.0. The number of carbonyl (C=O) groups is 2. The number of rotatable bonds is 12. The number of anilines is 1. The molecular weight excluding hydrogens is 484 g/mol. The van der Waals surface area contributed by atoms with Crippen molar-refractivity contribution in [3.63, 3.8) is 0 Å². The van der Waals surface area contributed by atoms with Gasteiger partial charge in [-0.2, -0.15) is 0 Å². The van der Waals surface area contributed by atoms with Crippen molar-refractivity contribution in [3.8, 4) is 0 Å². The molecule has 1 amide bonds. The minimum atomic E-state index is -1.13. The van der Waals surface area contributed by atoms with Crippen molar-refractivity contribution < 1.29 is 14.7 Å². The lowest BCUT2D eigenvalue weighted by Gasteiger charge is -2.12. The van der Waals surface area contributed by atoms with Crippen LogP contribution < -0.4 is 5.32 Å². The Bertz CT molecular complexity index is 1340. The molecule has 0 aliphatic rings. The Kier molecular flexibility index (Phi) is 9.10. The second-order valence-electron chi connectivity index (χ2n) is 8.67. The molecule has 0 saturated carbocycles. The van der Waals surface area contributed by atoms with Crippen LogP contribution in [-0.4, -0.2) is 37.5 Å². The molecule has 2 N–H and O–H groups in total. The molecule has 1 heterocycles. The normalized spacial score (nSPS) is 10.8. The number of nitrogens with zero attached hydrogens (tertiary/aromatic N) is 3. The Morgan fingerprint density at radius 2 is 1.57 bits per heavy atom. The maximum Gasteiger partial charge on any atom is 0.336 e. The highest BCUT2D eigenvalue weighted by Crippen LogP contribution is 2.22.